The summed E-state index contributed by atoms with van der Waals surface area (Å²) in [4.78, 5) is 0. The van der Waals surface area contributed by atoms with Gasteiger partial charge >= 0.3 is 0 Å². The van der Waals surface area contributed by atoms with E-state index in [0.29, 0.717) is 17.1 Å². The molecule has 0 radical (unpaired) electrons. The Kier molecular flexibility index (Phi) is 3.80. The number of ether oxygens (including phenoxy) is 2. The number of rotatable bonds is 4. The maximum absolute atomic E-state index is 10.3. The fourth-order valence-electron chi connectivity index (χ4n) is 2.07. The molecule has 0 unspecified atom stereocenters. The van der Waals surface area contributed by atoms with Gasteiger partial charge < -0.3 is 19.9 Å². The van der Waals surface area contributed by atoms with Crippen LogP contribution in [0.4, 0.5) is 5.69 Å². The summed E-state index contributed by atoms with van der Waals surface area (Å²) in [5.41, 5.74) is 2.38. The SMILES string of the molecule is CNc1ccccc1-c1c(OC)ccc(OC)c1O. The van der Waals surface area contributed by atoms with Crippen LogP contribution in [0.25, 0.3) is 11.1 Å². The Morgan fingerprint density at radius 1 is 0.947 bits per heavy atom. The van der Waals surface area contributed by atoms with Crippen LogP contribution in [-0.4, -0.2) is 26.4 Å². The van der Waals surface area contributed by atoms with Crippen LogP contribution >= 0.6 is 0 Å². The predicted octanol–water partition coefficient (Wildman–Crippen LogP) is 3.12. The summed E-state index contributed by atoms with van der Waals surface area (Å²) in [6.45, 7) is 0. The number of hydrogen-bond donors (Lipinski definition) is 2. The van der Waals surface area contributed by atoms with Gasteiger partial charge in [-0.15, -0.1) is 0 Å². The average Bonchev–Trinajstić information content (AvgIpc) is 2.46. The first kappa shape index (κ1) is 13.1. The van der Waals surface area contributed by atoms with Gasteiger partial charge in [-0.2, -0.15) is 0 Å². The highest BCUT2D eigenvalue weighted by atomic mass is 16.5. The molecule has 0 fully saturated rings. The van der Waals surface area contributed by atoms with E-state index in [9.17, 15) is 5.11 Å². The number of anilines is 1. The molecule has 2 aromatic rings. The average molecular weight is 259 g/mol. The minimum absolute atomic E-state index is 0.0737. The van der Waals surface area contributed by atoms with Gasteiger partial charge in [-0.1, -0.05) is 18.2 Å². The highest BCUT2D eigenvalue weighted by Gasteiger charge is 2.17. The highest BCUT2D eigenvalue weighted by molar-refractivity contribution is 5.87. The monoisotopic (exact) mass is 259 g/mol. The summed E-state index contributed by atoms with van der Waals surface area (Å²) in [7, 11) is 4.94. The Bertz CT molecular complexity index is 582. The molecule has 0 atom stereocenters. The van der Waals surface area contributed by atoms with Crippen LogP contribution in [0, 0.1) is 0 Å². The molecular weight excluding hydrogens is 242 g/mol. The van der Waals surface area contributed by atoms with Crippen molar-refractivity contribution >= 4 is 5.69 Å². The van der Waals surface area contributed by atoms with Crippen LogP contribution in [-0.2, 0) is 0 Å². The molecule has 0 heterocycles. The van der Waals surface area contributed by atoms with Crippen LogP contribution < -0.4 is 14.8 Å². The van der Waals surface area contributed by atoms with E-state index < -0.39 is 0 Å². The molecule has 4 heteroatoms. The summed E-state index contributed by atoms with van der Waals surface area (Å²) in [6, 6.07) is 11.2. The van der Waals surface area contributed by atoms with Crippen LogP contribution in [0.3, 0.4) is 0 Å². The fraction of sp³-hybridized carbons (Fsp3) is 0.200. The van der Waals surface area contributed by atoms with E-state index in [0.717, 1.165) is 11.3 Å². The summed E-state index contributed by atoms with van der Waals surface area (Å²) in [5.74, 6) is 1.09. The molecule has 4 nitrogen and oxygen atoms in total. The molecule has 0 aromatic heterocycles. The number of phenols is 1. The second-order valence-electron chi connectivity index (χ2n) is 3.99. The maximum Gasteiger partial charge on any atom is 0.169 e. The lowest BCUT2D eigenvalue weighted by atomic mass is 10.0. The van der Waals surface area contributed by atoms with E-state index >= 15 is 0 Å². The van der Waals surface area contributed by atoms with Crippen molar-refractivity contribution in [3.63, 3.8) is 0 Å². The standard InChI is InChI=1S/C15H17NO3/c1-16-11-7-5-4-6-10(11)14-12(18-2)8-9-13(19-3)15(14)17/h4-9,16-17H,1-3H3. The zero-order chi connectivity index (χ0) is 13.8. The van der Waals surface area contributed by atoms with Crippen molar-refractivity contribution in [1.82, 2.24) is 0 Å². The van der Waals surface area contributed by atoms with E-state index in [2.05, 4.69) is 5.32 Å². The molecule has 2 aromatic carbocycles. The van der Waals surface area contributed by atoms with Crippen molar-refractivity contribution < 1.29 is 14.6 Å². The molecule has 0 bridgehead atoms. The topological polar surface area (TPSA) is 50.7 Å². The zero-order valence-electron chi connectivity index (χ0n) is 11.2. The fourth-order valence-corrected chi connectivity index (χ4v) is 2.07. The number of nitrogens with one attached hydrogen (secondary N) is 1. The normalized spacial score (nSPS) is 10.1. The molecule has 0 saturated carbocycles. The lowest BCUT2D eigenvalue weighted by Crippen LogP contribution is -1.95. The molecule has 0 amide bonds. The Morgan fingerprint density at radius 3 is 2.21 bits per heavy atom. The lowest BCUT2D eigenvalue weighted by molar-refractivity contribution is 0.368. The number of aromatic hydroxyl groups is 1. The van der Waals surface area contributed by atoms with E-state index in [4.69, 9.17) is 9.47 Å². The van der Waals surface area contributed by atoms with E-state index in [1.54, 1.807) is 19.2 Å². The summed E-state index contributed by atoms with van der Waals surface area (Å²) >= 11 is 0. The summed E-state index contributed by atoms with van der Waals surface area (Å²) in [5, 5.41) is 13.4. The number of para-hydroxylation sites is 1. The number of methoxy groups -OCH3 is 2. The van der Waals surface area contributed by atoms with Crippen molar-refractivity contribution in [2.45, 2.75) is 0 Å². The molecule has 2 rings (SSSR count). The van der Waals surface area contributed by atoms with Crippen LogP contribution in [0.2, 0.25) is 0 Å². The first-order chi connectivity index (χ1) is 9.22. The van der Waals surface area contributed by atoms with Gasteiger partial charge in [-0.3, -0.25) is 0 Å². The third kappa shape index (κ3) is 2.29. The van der Waals surface area contributed by atoms with Gasteiger partial charge in [0.05, 0.1) is 19.8 Å². The van der Waals surface area contributed by atoms with Crippen molar-refractivity contribution in [3.05, 3.63) is 36.4 Å². The van der Waals surface area contributed by atoms with E-state index in [1.807, 2.05) is 31.3 Å². The Labute approximate surface area is 112 Å². The highest BCUT2D eigenvalue weighted by Crippen LogP contribution is 2.45. The molecule has 0 aliphatic rings. The van der Waals surface area contributed by atoms with Crippen molar-refractivity contribution in [3.8, 4) is 28.4 Å². The van der Waals surface area contributed by atoms with Gasteiger partial charge in [0, 0.05) is 18.3 Å². The second-order valence-corrected chi connectivity index (χ2v) is 3.99. The third-order valence-electron chi connectivity index (χ3n) is 3.01. The van der Waals surface area contributed by atoms with Crippen molar-refractivity contribution in [2.75, 3.05) is 26.6 Å². The lowest BCUT2D eigenvalue weighted by Gasteiger charge is -2.16. The van der Waals surface area contributed by atoms with Gasteiger partial charge in [-0.25, -0.2) is 0 Å². The molecule has 0 saturated heterocycles. The smallest absolute Gasteiger partial charge is 0.169 e. The molecule has 2 N–H and O–H groups in total. The third-order valence-corrected chi connectivity index (χ3v) is 3.01. The molecule has 0 spiro atoms. The van der Waals surface area contributed by atoms with Crippen LogP contribution in [0.15, 0.2) is 36.4 Å². The van der Waals surface area contributed by atoms with E-state index in [-0.39, 0.29) is 5.75 Å². The van der Waals surface area contributed by atoms with Gasteiger partial charge in [0.25, 0.3) is 0 Å². The first-order valence-corrected chi connectivity index (χ1v) is 5.94. The molecule has 100 valence electrons. The summed E-state index contributed by atoms with van der Waals surface area (Å²) in [6.07, 6.45) is 0. The van der Waals surface area contributed by atoms with E-state index in [1.165, 1.54) is 7.11 Å². The zero-order valence-corrected chi connectivity index (χ0v) is 11.2. The quantitative estimate of drug-likeness (QED) is 0.885. The number of hydrogen-bond acceptors (Lipinski definition) is 4. The van der Waals surface area contributed by atoms with Crippen LogP contribution in [0.1, 0.15) is 0 Å². The minimum Gasteiger partial charge on any atom is -0.504 e. The largest absolute Gasteiger partial charge is 0.504 e. The van der Waals surface area contributed by atoms with Gasteiger partial charge in [0.15, 0.2) is 11.5 Å². The Morgan fingerprint density at radius 2 is 1.58 bits per heavy atom. The first-order valence-electron chi connectivity index (χ1n) is 5.94. The molecule has 0 aliphatic heterocycles. The predicted molar refractivity (Wildman–Crippen MR) is 76.2 cm³/mol. The Hall–Kier alpha value is -2.36. The summed E-state index contributed by atoms with van der Waals surface area (Å²) < 4.78 is 10.5. The minimum atomic E-state index is 0.0737. The molecular formula is C15H17NO3. The van der Waals surface area contributed by atoms with Crippen molar-refractivity contribution in [2.24, 2.45) is 0 Å². The second kappa shape index (κ2) is 5.52. The molecule has 0 aliphatic carbocycles. The van der Waals surface area contributed by atoms with Gasteiger partial charge in [0.1, 0.15) is 5.75 Å². The van der Waals surface area contributed by atoms with Crippen LogP contribution in [0.5, 0.6) is 17.2 Å². The van der Waals surface area contributed by atoms with Crippen molar-refractivity contribution in [1.29, 1.82) is 0 Å². The maximum atomic E-state index is 10.3. The number of phenolic OH excluding ortho intramolecular Hbond substituents is 1. The Balaban J connectivity index is 2.72. The van der Waals surface area contributed by atoms with Gasteiger partial charge in [-0.05, 0) is 18.2 Å². The molecule has 19 heavy (non-hydrogen) atoms. The number of benzene rings is 2. The van der Waals surface area contributed by atoms with Gasteiger partial charge in [0.2, 0.25) is 0 Å².